The molecule has 0 spiro atoms. The van der Waals surface area contributed by atoms with Crippen LogP contribution in [-0.4, -0.2) is 28.6 Å². The monoisotopic (exact) mass is 413 g/mol. The third-order valence-corrected chi connectivity index (χ3v) is 3.05. The summed E-state index contributed by atoms with van der Waals surface area (Å²) in [5, 5.41) is 6.62. The van der Waals surface area contributed by atoms with E-state index < -0.39 is 0 Å². The van der Waals surface area contributed by atoms with Crippen LogP contribution in [0.5, 0.6) is 0 Å². The molecular weight excluding hydrogens is 389 g/mol. The Morgan fingerprint density at radius 2 is 2.05 bits per heavy atom. The highest BCUT2D eigenvalue weighted by molar-refractivity contribution is 14.0. The number of benzene rings is 1. The fraction of sp³-hybridized carbons (Fsp3) is 0.375. The summed E-state index contributed by atoms with van der Waals surface area (Å²) in [5.74, 6) is 0.868. The number of hydrogen-bond donors (Lipinski definition) is 2. The van der Waals surface area contributed by atoms with E-state index >= 15 is 0 Å². The first-order valence-corrected chi connectivity index (χ1v) is 7.40. The van der Waals surface area contributed by atoms with Crippen LogP contribution in [-0.2, 0) is 13.1 Å². The number of guanidine groups is 1. The standard InChI is InChI=1S/C16H23N5.HI/c1-2-18-16(20-13-15-7-4-3-5-8-15)19-9-6-11-21-12-10-17-14-21;/h3-5,7-8,10,12,14H,2,6,9,11,13H2,1H3,(H2,18,19,20);1H. The van der Waals surface area contributed by atoms with Crippen molar-refractivity contribution < 1.29 is 0 Å². The van der Waals surface area contributed by atoms with Crippen LogP contribution in [0, 0.1) is 0 Å². The number of nitrogens with zero attached hydrogens (tertiary/aromatic N) is 3. The molecule has 0 aliphatic carbocycles. The maximum atomic E-state index is 4.59. The van der Waals surface area contributed by atoms with E-state index in [1.807, 2.05) is 30.7 Å². The average molecular weight is 413 g/mol. The third kappa shape index (κ3) is 6.93. The molecule has 5 nitrogen and oxygen atoms in total. The fourth-order valence-corrected chi connectivity index (χ4v) is 1.98. The molecule has 2 N–H and O–H groups in total. The van der Waals surface area contributed by atoms with Gasteiger partial charge in [-0.2, -0.15) is 0 Å². The van der Waals surface area contributed by atoms with Gasteiger partial charge in [0.05, 0.1) is 12.9 Å². The summed E-state index contributed by atoms with van der Waals surface area (Å²) in [6, 6.07) is 10.3. The highest BCUT2D eigenvalue weighted by atomic mass is 127. The van der Waals surface area contributed by atoms with Crippen LogP contribution >= 0.6 is 24.0 Å². The summed E-state index contributed by atoms with van der Waals surface area (Å²) in [7, 11) is 0. The van der Waals surface area contributed by atoms with Gasteiger partial charge in [-0.05, 0) is 18.9 Å². The van der Waals surface area contributed by atoms with Gasteiger partial charge in [0.1, 0.15) is 0 Å². The van der Waals surface area contributed by atoms with Gasteiger partial charge in [-0.1, -0.05) is 30.3 Å². The van der Waals surface area contributed by atoms with Gasteiger partial charge in [0, 0.05) is 32.0 Å². The number of aliphatic imine (C=N–C) groups is 1. The molecule has 0 amide bonds. The van der Waals surface area contributed by atoms with Gasteiger partial charge >= 0.3 is 0 Å². The van der Waals surface area contributed by atoms with Crippen molar-refractivity contribution in [3.63, 3.8) is 0 Å². The molecule has 0 aliphatic rings. The quantitative estimate of drug-likeness (QED) is 0.318. The first-order chi connectivity index (χ1) is 10.4. The van der Waals surface area contributed by atoms with Gasteiger partial charge in [0.25, 0.3) is 0 Å². The van der Waals surface area contributed by atoms with E-state index in [2.05, 4.69) is 44.2 Å². The number of rotatable bonds is 7. The zero-order valence-electron chi connectivity index (χ0n) is 12.9. The van der Waals surface area contributed by atoms with Gasteiger partial charge in [0.15, 0.2) is 5.96 Å². The molecule has 120 valence electrons. The van der Waals surface area contributed by atoms with Crippen LogP contribution in [0.1, 0.15) is 18.9 Å². The van der Waals surface area contributed by atoms with Crippen LogP contribution in [0.25, 0.3) is 0 Å². The van der Waals surface area contributed by atoms with Crippen molar-refractivity contribution in [3.05, 3.63) is 54.6 Å². The van der Waals surface area contributed by atoms with Gasteiger partial charge in [-0.25, -0.2) is 9.98 Å². The van der Waals surface area contributed by atoms with E-state index in [4.69, 9.17) is 0 Å². The lowest BCUT2D eigenvalue weighted by Crippen LogP contribution is -2.38. The summed E-state index contributed by atoms with van der Waals surface area (Å²) in [5.41, 5.74) is 1.22. The predicted octanol–water partition coefficient (Wildman–Crippen LogP) is 2.65. The van der Waals surface area contributed by atoms with E-state index in [0.29, 0.717) is 6.54 Å². The molecule has 22 heavy (non-hydrogen) atoms. The number of hydrogen-bond acceptors (Lipinski definition) is 2. The minimum Gasteiger partial charge on any atom is -0.357 e. The largest absolute Gasteiger partial charge is 0.357 e. The first kappa shape index (κ1) is 18.5. The second-order valence-corrected chi connectivity index (χ2v) is 4.76. The Morgan fingerprint density at radius 1 is 1.23 bits per heavy atom. The summed E-state index contributed by atoms with van der Waals surface area (Å²) in [6.45, 7) is 5.48. The molecule has 6 heteroatoms. The molecule has 0 saturated heterocycles. The SMILES string of the molecule is CCNC(=NCc1ccccc1)NCCCn1ccnc1.I. The summed E-state index contributed by atoms with van der Waals surface area (Å²) >= 11 is 0. The van der Waals surface area contributed by atoms with Crippen molar-refractivity contribution in [1.29, 1.82) is 0 Å². The van der Waals surface area contributed by atoms with E-state index in [-0.39, 0.29) is 24.0 Å². The molecule has 0 saturated carbocycles. The molecule has 0 unspecified atom stereocenters. The molecule has 0 fully saturated rings. The minimum absolute atomic E-state index is 0. The molecule has 2 rings (SSSR count). The van der Waals surface area contributed by atoms with Crippen LogP contribution in [0.3, 0.4) is 0 Å². The first-order valence-electron chi connectivity index (χ1n) is 7.40. The second-order valence-electron chi connectivity index (χ2n) is 4.76. The summed E-state index contributed by atoms with van der Waals surface area (Å²) in [6.07, 6.45) is 6.66. The van der Waals surface area contributed by atoms with Gasteiger partial charge in [0.2, 0.25) is 0 Å². The highest BCUT2D eigenvalue weighted by Gasteiger charge is 1.97. The van der Waals surface area contributed by atoms with Gasteiger partial charge < -0.3 is 15.2 Å². The van der Waals surface area contributed by atoms with Crippen molar-refractivity contribution >= 4 is 29.9 Å². The maximum absolute atomic E-state index is 4.59. The minimum atomic E-state index is 0. The number of imidazole rings is 1. The maximum Gasteiger partial charge on any atom is 0.191 e. The number of aromatic nitrogens is 2. The topological polar surface area (TPSA) is 54.2 Å². The Morgan fingerprint density at radius 3 is 2.73 bits per heavy atom. The molecule has 0 atom stereocenters. The predicted molar refractivity (Wildman–Crippen MR) is 102 cm³/mol. The van der Waals surface area contributed by atoms with Gasteiger partial charge in [-0.15, -0.1) is 24.0 Å². The Kier molecular flexibility index (Phi) is 9.29. The molecular formula is C16H24IN5. The Labute approximate surface area is 149 Å². The Balaban J connectivity index is 0.00000242. The summed E-state index contributed by atoms with van der Waals surface area (Å²) in [4.78, 5) is 8.63. The fourth-order valence-electron chi connectivity index (χ4n) is 1.98. The van der Waals surface area contributed by atoms with Crippen molar-refractivity contribution in [1.82, 2.24) is 20.2 Å². The number of aryl methyl sites for hydroxylation is 1. The van der Waals surface area contributed by atoms with Crippen LogP contribution in [0.2, 0.25) is 0 Å². The smallest absolute Gasteiger partial charge is 0.191 e. The van der Waals surface area contributed by atoms with Crippen molar-refractivity contribution in [2.24, 2.45) is 4.99 Å². The lowest BCUT2D eigenvalue weighted by Gasteiger charge is -2.11. The zero-order valence-corrected chi connectivity index (χ0v) is 15.2. The molecule has 1 heterocycles. The molecule has 0 aliphatic heterocycles. The van der Waals surface area contributed by atoms with Gasteiger partial charge in [-0.3, -0.25) is 0 Å². The molecule has 1 aromatic heterocycles. The van der Waals surface area contributed by atoms with Crippen LogP contribution in [0.15, 0.2) is 54.0 Å². The molecule has 0 bridgehead atoms. The van der Waals surface area contributed by atoms with Crippen molar-refractivity contribution in [2.75, 3.05) is 13.1 Å². The normalized spacial score (nSPS) is 10.9. The van der Waals surface area contributed by atoms with Crippen molar-refractivity contribution in [3.8, 4) is 0 Å². The molecule has 1 aromatic carbocycles. The van der Waals surface area contributed by atoms with Crippen LogP contribution in [0.4, 0.5) is 0 Å². The molecule has 2 aromatic rings. The highest BCUT2D eigenvalue weighted by Crippen LogP contribution is 1.99. The van der Waals surface area contributed by atoms with E-state index in [1.165, 1.54) is 5.56 Å². The lowest BCUT2D eigenvalue weighted by molar-refractivity contribution is 0.624. The number of nitrogens with one attached hydrogen (secondary N) is 2. The second kappa shape index (κ2) is 11.1. The Hall–Kier alpha value is -1.57. The molecule has 0 radical (unpaired) electrons. The lowest BCUT2D eigenvalue weighted by atomic mass is 10.2. The summed E-state index contributed by atoms with van der Waals surface area (Å²) < 4.78 is 2.08. The Bertz CT molecular complexity index is 525. The van der Waals surface area contributed by atoms with E-state index in [0.717, 1.165) is 32.0 Å². The van der Waals surface area contributed by atoms with Crippen LogP contribution < -0.4 is 10.6 Å². The van der Waals surface area contributed by atoms with Crippen molar-refractivity contribution in [2.45, 2.75) is 26.4 Å². The zero-order chi connectivity index (χ0) is 14.8. The number of halogens is 1. The van der Waals surface area contributed by atoms with E-state index in [1.54, 1.807) is 6.20 Å². The third-order valence-electron chi connectivity index (χ3n) is 3.05. The van der Waals surface area contributed by atoms with E-state index in [9.17, 15) is 0 Å². The average Bonchev–Trinajstić information content (AvgIpc) is 3.03.